The molecule has 0 saturated carbocycles. The maximum Gasteiger partial charge on any atom is 0.261 e. The predicted molar refractivity (Wildman–Crippen MR) is 120 cm³/mol. The van der Waals surface area contributed by atoms with Gasteiger partial charge >= 0.3 is 0 Å². The summed E-state index contributed by atoms with van der Waals surface area (Å²) in [7, 11) is 1.74. The molecule has 0 bridgehead atoms. The van der Waals surface area contributed by atoms with Crippen LogP contribution < -0.4 is 16.0 Å². The van der Waals surface area contributed by atoms with Crippen molar-refractivity contribution in [1.29, 1.82) is 0 Å². The molecule has 0 aliphatic rings. The first-order valence-corrected chi connectivity index (χ1v) is 9.80. The summed E-state index contributed by atoms with van der Waals surface area (Å²) in [6.07, 6.45) is 2.47. The molecule has 0 aromatic carbocycles. The third-order valence-corrected chi connectivity index (χ3v) is 4.81. The smallest absolute Gasteiger partial charge is 0.261 e. The van der Waals surface area contributed by atoms with E-state index in [1.807, 2.05) is 17.5 Å². The quantitative estimate of drug-likeness (QED) is 0.211. The average molecular weight is 505 g/mol. The molecule has 0 saturated heterocycles. The van der Waals surface area contributed by atoms with E-state index in [-0.39, 0.29) is 29.9 Å². The van der Waals surface area contributed by atoms with Crippen molar-refractivity contribution in [2.75, 3.05) is 20.1 Å². The number of nitrogens with zero attached hydrogens (tertiary/aromatic N) is 2. The summed E-state index contributed by atoms with van der Waals surface area (Å²) in [6, 6.07) is 3.70. The molecule has 3 N–H and O–H groups in total. The van der Waals surface area contributed by atoms with E-state index in [2.05, 4.69) is 39.9 Å². The molecule has 7 nitrogen and oxygen atoms in total. The summed E-state index contributed by atoms with van der Waals surface area (Å²) >= 11 is 1.44. The zero-order valence-electron chi connectivity index (χ0n) is 16.0. The van der Waals surface area contributed by atoms with Crippen molar-refractivity contribution in [2.45, 2.75) is 39.7 Å². The van der Waals surface area contributed by atoms with Crippen LogP contribution in [0.1, 0.15) is 47.0 Å². The fourth-order valence-corrected chi connectivity index (χ4v) is 3.16. The van der Waals surface area contributed by atoms with Crippen molar-refractivity contribution < 1.29 is 9.32 Å². The van der Waals surface area contributed by atoms with E-state index < -0.39 is 0 Å². The van der Waals surface area contributed by atoms with Crippen LogP contribution in [0.15, 0.2) is 27.0 Å². The van der Waals surface area contributed by atoms with Gasteiger partial charge in [0.25, 0.3) is 5.91 Å². The van der Waals surface area contributed by atoms with Gasteiger partial charge in [-0.15, -0.1) is 35.3 Å². The van der Waals surface area contributed by atoms with Gasteiger partial charge < -0.3 is 20.5 Å². The van der Waals surface area contributed by atoms with Crippen molar-refractivity contribution >= 4 is 47.2 Å². The normalized spacial score (nSPS) is 11.0. The molecule has 0 atom stereocenters. The number of aromatic nitrogens is 1. The van der Waals surface area contributed by atoms with Crippen molar-refractivity contribution in [1.82, 2.24) is 21.1 Å². The van der Waals surface area contributed by atoms with E-state index in [9.17, 15) is 4.79 Å². The lowest BCUT2D eigenvalue weighted by molar-refractivity contribution is 0.0957. The number of rotatable bonds is 9. The fourth-order valence-electron chi connectivity index (χ4n) is 2.52. The minimum absolute atomic E-state index is 0. The molecule has 0 unspecified atom stereocenters. The summed E-state index contributed by atoms with van der Waals surface area (Å²) in [5.74, 6) is 1.62. The highest BCUT2D eigenvalue weighted by Gasteiger charge is 2.13. The van der Waals surface area contributed by atoms with Crippen molar-refractivity contribution in [2.24, 2.45) is 4.99 Å². The fraction of sp³-hybridized carbons (Fsp3) is 0.500. The highest BCUT2D eigenvalue weighted by molar-refractivity contribution is 14.0. The van der Waals surface area contributed by atoms with Crippen LogP contribution in [-0.4, -0.2) is 37.2 Å². The molecule has 2 aromatic heterocycles. The molecule has 9 heteroatoms. The van der Waals surface area contributed by atoms with Gasteiger partial charge in [0.2, 0.25) is 0 Å². The van der Waals surface area contributed by atoms with Crippen LogP contribution in [0.4, 0.5) is 0 Å². The molecule has 0 aliphatic carbocycles. The topological polar surface area (TPSA) is 91.6 Å². The molecular formula is C18H28IN5O2S. The number of amides is 1. The lowest BCUT2D eigenvalue weighted by Crippen LogP contribution is -2.38. The van der Waals surface area contributed by atoms with Crippen LogP contribution in [0.2, 0.25) is 0 Å². The number of carbonyl (C=O) groups is 1. The SMILES string of the molecule is CCc1noc(CC)c1CNC(=NC)NCCCNC(=O)c1cccs1.I. The Morgan fingerprint density at radius 2 is 2.00 bits per heavy atom. The molecule has 2 aromatic rings. The van der Waals surface area contributed by atoms with Gasteiger partial charge in [0.15, 0.2) is 5.96 Å². The average Bonchev–Trinajstić information content (AvgIpc) is 3.33. The first-order chi connectivity index (χ1) is 12.7. The number of guanidine groups is 1. The van der Waals surface area contributed by atoms with Crippen molar-refractivity contribution in [3.8, 4) is 0 Å². The largest absolute Gasteiger partial charge is 0.361 e. The predicted octanol–water partition coefficient (Wildman–Crippen LogP) is 2.96. The highest BCUT2D eigenvalue weighted by atomic mass is 127. The minimum atomic E-state index is -0.0193. The van der Waals surface area contributed by atoms with Gasteiger partial charge in [-0.3, -0.25) is 9.79 Å². The van der Waals surface area contributed by atoms with Gasteiger partial charge in [-0.2, -0.15) is 0 Å². The Hall–Kier alpha value is -1.62. The lowest BCUT2D eigenvalue weighted by Gasteiger charge is -2.12. The van der Waals surface area contributed by atoms with E-state index in [1.54, 1.807) is 7.05 Å². The molecule has 0 aliphatic heterocycles. The van der Waals surface area contributed by atoms with E-state index in [1.165, 1.54) is 11.3 Å². The number of aliphatic imine (C=N–C) groups is 1. The van der Waals surface area contributed by atoms with Gasteiger partial charge in [-0.1, -0.05) is 25.1 Å². The Bertz CT molecular complexity index is 694. The van der Waals surface area contributed by atoms with Gasteiger partial charge in [0, 0.05) is 38.7 Å². The summed E-state index contributed by atoms with van der Waals surface area (Å²) in [5, 5.41) is 15.5. The minimum Gasteiger partial charge on any atom is -0.361 e. The molecule has 2 rings (SSSR count). The van der Waals surface area contributed by atoms with Gasteiger partial charge in [-0.25, -0.2) is 0 Å². The summed E-state index contributed by atoms with van der Waals surface area (Å²) < 4.78 is 5.38. The second-order valence-corrected chi connectivity index (χ2v) is 6.63. The molecule has 0 fully saturated rings. The summed E-state index contributed by atoms with van der Waals surface area (Å²) in [5.41, 5.74) is 2.10. The Labute approximate surface area is 181 Å². The Kier molecular flexibility index (Phi) is 11.0. The first kappa shape index (κ1) is 23.4. The first-order valence-electron chi connectivity index (χ1n) is 8.92. The molecule has 0 spiro atoms. The van der Waals surface area contributed by atoms with Gasteiger partial charge in [-0.05, 0) is 24.3 Å². The summed E-state index contributed by atoms with van der Waals surface area (Å²) in [4.78, 5) is 16.8. The Morgan fingerprint density at radius 1 is 1.22 bits per heavy atom. The molecule has 2 heterocycles. The zero-order chi connectivity index (χ0) is 18.8. The zero-order valence-corrected chi connectivity index (χ0v) is 19.1. The van der Waals surface area contributed by atoms with Gasteiger partial charge in [0.1, 0.15) is 5.76 Å². The van der Waals surface area contributed by atoms with Crippen LogP contribution in [0.3, 0.4) is 0 Å². The Morgan fingerprint density at radius 3 is 2.63 bits per heavy atom. The summed E-state index contributed by atoms with van der Waals surface area (Å²) in [6.45, 7) is 6.09. The number of hydrogen-bond donors (Lipinski definition) is 3. The van der Waals surface area contributed by atoms with E-state index >= 15 is 0 Å². The number of carbonyl (C=O) groups excluding carboxylic acids is 1. The number of halogens is 1. The molecular weight excluding hydrogens is 477 g/mol. The van der Waals surface area contributed by atoms with Crippen LogP contribution in [0.5, 0.6) is 0 Å². The number of hydrogen-bond acceptors (Lipinski definition) is 5. The lowest BCUT2D eigenvalue weighted by atomic mass is 10.1. The van der Waals surface area contributed by atoms with Crippen molar-refractivity contribution in [3.05, 3.63) is 39.4 Å². The van der Waals surface area contributed by atoms with Crippen LogP contribution in [0.25, 0.3) is 0 Å². The number of nitrogens with one attached hydrogen (secondary N) is 3. The second kappa shape index (κ2) is 12.7. The van der Waals surface area contributed by atoms with Crippen LogP contribution >= 0.6 is 35.3 Å². The molecule has 150 valence electrons. The van der Waals surface area contributed by atoms with E-state index in [0.717, 1.165) is 53.7 Å². The molecule has 27 heavy (non-hydrogen) atoms. The third-order valence-electron chi connectivity index (χ3n) is 3.94. The Balaban J connectivity index is 0.00000364. The van der Waals surface area contributed by atoms with E-state index in [0.29, 0.717) is 13.1 Å². The van der Waals surface area contributed by atoms with Gasteiger partial charge in [0.05, 0.1) is 10.6 Å². The molecule has 0 radical (unpaired) electrons. The van der Waals surface area contributed by atoms with E-state index in [4.69, 9.17) is 4.52 Å². The van der Waals surface area contributed by atoms with Crippen LogP contribution in [0, 0.1) is 0 Å². The number of thiophene rings is 1. The monoisotopic (exact) mass is 505 g/mol. The van der Waals surface area contributed by atoms with Crippen LogP contribution in [-0.2, 0) is 19.4 Å². The second-order valence-electron chi connectivity index (χ2n) is 5.68. The standard InChI is InChI=1S/C18H27N5O2S.HI/c1-4-14-13(15(5-2)25-23-14)12-22-18(19-3)21-10-7-9-20-17(24)16-8-6-11-26-16;/h6,8,11H,4-5,7,9-10,12H2,1-3H3,(H,20,24)(H2,19,21,22);1H. The van der Waals surface area contributed by atoms with Crippen molar-refractivity contribution in [3.63, 3.8) is 0 Å². The number of aryl methyl sites for hydroxylation is 2. The maximum absolute atomic E-state index is 11.8. The maximum atomic E-state index is 11.8. The third kappa shape index (κ3) is 7.13. The highest BCUT2D eigenvalue weighted by Crippen LogP contribution is 2.15. The molecule has 1 amide bonds.